The minimum absolute atomic E-state index is 0.182. The van der Waals surface area contributed by atoms with Crippen LogP contribution in [0.5, 0.6) is 0 Å². The van der Waals surface area contributed by atoms with Crippen LogP contribution in [0.2, 0.25) is 5.02 Å². The molecular weight excluding hydrogens is 354 g/mol. The van der Waals surface area contributed by atoms with E-state index in [1.807, 2.05) is 47.4 Å². The quantitative estimate of drug-likeness (QED) is 0.644. The van der Waals surface area contributed by atoms with Gasteiger partial charge in [0.2, 0.25) is 0 Å². The Hall–Kier alpha value is -2.38. The summed E-state index contributed by atoms with van der Waals surface area (Å²) in [6, 6.07) is 7.16. The first-order valence-corrected chi connectivity index (χ1v) is 8.82. The molecule has 8 heteroatoms. The van der Waals surface area contributed by atoms with E-state index in [-0.39, 0.29) is 11.9 Å². The molecule has 1 atom stereocenters. The molecule has 0 bridgehead atoms. The fourth-order valence-electron chi connectivity index (χ4n) is 3.03. The number of methoxy groups -OCH3 is 1. The normalized spacial score (nSPS) is 12.5. The van der Waals surface area contributed by atoms with Crippen LogP contribution < -0.4 is 5.32 Å². The maximum absolute atomic E-state index is 12.8. The molecule has 2 aromatic heterocycles. The van der Waals surface area contributed by atoms with E-state index in [0.29, 0.717) is 23.1 Å². The van der Waals surface area contributed by atoms with E-state index >= 15 is 0 Å². The van der Waals surface area contributed by atoms with Gasteiger partial charge in [-0.2, -0.15) is 0 Å². The molecule has 0 aliphatic heterocycles. The van der Waals surface area contributed by atoms with Gasteiger partial charge in [-0.15, -0.1) is 10.2 Å². The van der Waals surface area contributed by atoms with Crippen LogP contribution in [-0.4, -0.2) is 39.0 Å². The van der Waals surface area contributed by atoms with Crippen LogP contribution in [-0.2, 0) is 18.3 Å². The molecule has 0 radical (unpaired) electrons. The first-order valence-electron chi connectivity index (χ1n) is 8.44. The zero-order valence-electron chi connectivity index (χ0n) is 15.1. The standard InChI is InChI=1S/C18H22ClN5O2/c1-12(17-22-20-11-24(17)8-5-9-26-3)21-18(25)16-10-13-14(19)6-4-7-15(13)23(16)2/h4,6-7,10-12H,5,8-9H2,1-3H3,(H,21,25)/t12-/m0/s1. The number of hydrogen-bond donors (Lipinski definition) is 1. The predicted octanol–water partition coefficient (Wildman–Crippen LogP) is 2.95. The Kier molecular flexibility index (Phi) is 5.58. The molecule has 0 fully saturated rings. The molecule has 1 amide bonds. The largest absolute Gasteiger partial charge is 0.385 e. The van der Waals surface area contributed by atoms with Gasteiger partial charge in [-0.1, -0.05) is 17.7 Å². The van der Waals surface area contributed by atoms with Gasteiger partial charge in [0.05, 0.1) is 6.04 Å². The lowest BCUT2D eigenvalue weighted by Gasteiger charge is -2.15. The topological polar surface area (TPSA) is 74.0 Å². The molecule has 2 heterocycles. The third-order valence-corrected chi connectivity index (χ3v) is 4.72. The summed E-state index contributed by atoms with van der Waals surface area (Å²) in [6.45, 7) is 3.29. The van der Waals surface area contributed by atoms with Crippen molar-refractivity contribution in [1.82, 2.24) is 24.6 Å². The number of rotatable bonds is 7. The molecule has 1 aromatic carbocycles. The number of aromatic nitrogens is 4. The molecule has 0 saturated carbocycles. The number of hydrogen-bond acceptors (Lipinski definition) is 4. The van der Waals surface area contributed by atoms with Crippen LogP contribution >= 0.6 is 11.6 Å². The molecule has 0 aliphatic rings. The van der Waals surface area contributed by atoms with Crippen molar-refractivity contribution in [3.63, 3.8) is 0 Å². The van der Waals surface area contributed by atoms with Crippen LogP contribution in [0.4, 0.5) is 0 Å². The van der Waals surface area contributed by atoms with Gasteiger partial charge in [0, 0.05) is 43.2 Å². The number of halogens is 1. The van der Waals surface area contributed by atoms with Gasteiger partial charge < -0.3 is 19.2 Å². The second kappa shape index (κ2) is 7.88. The number of carbonyl (C=O) groups is 1. The Morgan fingerprint density at radius 1 is 1.42 bits per heavy atom. The van der Waals surface area contributed by atoms with Gasteiger partial charge in [-0.3, -0.25) is 4.79 Å². The highest BCUT2D eigenvalue weighted by atomic mass is 35.5. The van der Waals surface area contributed by atoms with Crippen molar-refractivity contribution >= 4 is 28.4 Å². The first kappa shape index (κ1) is 18.4. The van der Waals surface area contributed by atoms with Crippen LogP contribution in [0.1, 0.15) is 35.7 Å². The number of ether oxygens (including phenoxy) is 1. The van der Waals surface area contributed by atoms with Crippen molar-refractivity contribution < 1.29 is 9.53 Å². The smallest absolute Gasteiger partial charge is 0.268 e. The summed E-state index contributed by atoms with van der Waals surface area (Å²) in [4.78, 5) is 12.8. The van der Waals surface area contributed by atoms with Crippen LogP contribution in [0.25, 0.3) is 10.9 Å². The number of fused-ring (bicyclic) bond motifs is 1. The molecule has 0 saturated heterocycles. The van der Waals surface area contributed by atoms with E-state index in [0.717, 1.165) is 23.9 Å². The number of benzene rings is 1. The zero-order chi connectivity index (χ0) is 18.7. The molecule has 0 unspecified atom stereocenters. The summed E-state index contributed by atoms with van der Waals surface area (Å²) < 4.78 is 8.85. The molecular formula is C18H22ClN5O2. The lowest BCUT2D eigenvalue weighted by Crippen LogP contribution is -2.30. The van der Waals surface area contributed by atoms with Crippen molar-refractivity contribution in [2.75, 3.05) is 13.7 Å². The minimum Gasteiger partial charge on any atom is -0.385 e. The average Bonchev–Trinajstić information content (AvgIpc) is 3.21. The number of nitrogens with zero attached hydrogens (tertiary/aromatic N) is 4. The van der Waals surface area contributed by atoms with E-state index in [1.54, 1.807) is 13.4 Å². The van der Waals surface area contributed by atoms with Gasteiger partial charge in [-0.25, -0.2) is 0 Å². The van der Waals surface area contributed by atoms with Gasteiger partial charge in [-0.05, 0) is 31.5 Å². The monoisotopic (exact) mass is 375 g/mol. The summed E-state index contributed by atoms with van der Waals surface area (Å²) >= 11 is 6.24. The number of amides is 1. The minimum atomic E-state index is -0.277. The Morgan fingerprint density at radius 3 is 2.96 bits per heavy atom. The highest BCUT2D eigenvalue weighted by Gasteiger charge is 2.20. The molecule has 0 spiro atoms. The molecule has 0 aliphatic carbocycles. The van der Waals surface area contributed by atoms with Crippen LogP contribution in [0.3, 0.4) is 0 Å². The maximum Gasteiger partial charge on any atom is 0.268 e. The van der Waals surface area contributed by atoms with Crippen molar-refractivity contribution in [3.8, 4) is 0 Å². The third kappa shape index (κ3) is 3.59. The maximum atomic E-state index is 12.8. The highest BCUT2D eigenvalue weighted by molar-refractivity contribution is 6.35. The fraction of sp³-hybridized carbons (Fsp3) is 0.389. The van der Waals surface area contributed by atoms with E-state index in [4.69, 9.17) is 16.3 Å². The summed E-state index contributed by atoms with van der Waals surface area (Å²) in [5, 5.41) is 12.6. The second-order valence-corrected chi connectivity index (χ2v) is 6.59. The Balaban J connectivity index is 1.77. The van der Waals surface area contributed by atoms with Crippen molar-refractivity contribution in [2.45, 2.75) is 25.9 Å². The molecule has 1 N–H and O–H groups in total. The van der Waals surface area contributed by atoms with E-state index in [9.17, 15) is 4.79 Å². The lowest BCUT2D eigenvalue weighted by molar-refractivity contribution is 0.0929. The van der Waals surface area contributed by atoms with Crippen molar-refractivity contribution in [1.29, 1.82) is 0 Å². The molecule has 3 rings (SSSR count). The number of nitrogens with one attached hydrogen (secondary N) is 1. The summed E-state index contributed by atoms with van der Waals surface area (Å²) in [5.74, 6) is 0.532. The summed E-state index contributed by atoms with van der Waals surface area (Å²) in [5.41, 5.74) is 1.46. The Morgan fingerprint density at radius 2 is 2.23 bits per heavy atom. The molecule has 26 heavy (non-hydrogen) atoms. The molecule has 138 valence electrons. The SMILES string of the molecule is COCCCn1cnnc1[C@H](C)NC(=O)c1cc2c(Cl)cccc2n1C. The lowest BCUT2D eigenvalue weighted by atomic mass is 10.2. The number of carbonyl (C=O) groups excluding carboxylic acids is 1. The van der Waals surface area contributed by atoms with E-state index in [1.165, 1.54) is 0 Å². The Labute approximate surface area is 156 Å². The van der Waals surface area contributed by atoms with Gasteiger partial charge >= 0.3 is 0 Å². The van der Waals surface area contributed by atoms with Crippen molar-refractivity contribution in [3.05, 3.63) is 47.1 Å². The highest BCUT2D eigenvalue weighted by Crippen LogP contribution is 2.26. The predicted molar refractivity (Wildman–Crippen MR) is 100 cm³/mol. The van der Waals surface area contributed by atoms with Gasteiger partial charge in [0.25, 0.3) is 5.91 Å². The molecule has 3 aromatic rings. The van der Waals surface area contributed by atoms with Gasteiger partial charge in [0.15, 0.2) is 5.82 Å². The van der Waals surface area contributed by atoms with Crippen molar-refractivity contribution in [2.24, 2.45) is 7.05 Å². The van der Waals surface area contributed by atoms with Gasteiger partial charge in [0.1, 0.15) is 12.0 Å². The fourth-order valence-corrected chi connectivity index (χ4v) is 3.25. The average molecular weight is 376 g/mol. The first-order chi connectivity index (χ1) is 12.5. The third-order valence-electron chi connectivity index (χ3n) is 4.39. The summed E-state index contributed by atoms with van der Waals surface area (Å²) in [7, 11) is 3.53. The van der Waals surface area contributed by atoms with E-state index < -0.39 is 0 Å². The Bertz CT molecular complexity index is 918. The van der Waals surface area contributed by atoms with Crippen LogP contribution in [0, 0.1) is 0 Å². The summed E-state index contributed by atoms with van der Waals surface area (Å²) in [6.07, 6.45) is 2.52. The van der Waals surface area contributed by atoms with Crippen LogP contribution in [0.15, 0.2) is 30.6 Å². The molecule has 7 nitrogen and oxygen atoms in total. The second-order valence-electron chi connectivity index (χ2n) is 6.19. The van der Waals surface area contributed by atoms with E-state index in [2.05, 4.69) is 15.5 Å². The zero-order valence-corrected chi connectivity index (χ0v) is 15.8. The number of aryl methyl sites for hydroxylation is 2.